The molecular weight excluding hydrogens is 424 g/mol. The largest absolute Gasteiger partial charge is 0.446 e. The zero-order valence-corrected chi connectivity index (χ0v) is 21.3. The van der Waals surface area contributed by atoms with Crippen LogP contribution in [0.25, 0.3) is 0 Å². The van der Waals surface area contributed by atoms with E-state index >= 15 is 0 Å². The Balaban J connectivity index is 1.57. The molecule has 34 heavy (non-hydrogen) atoms. The molecule has 0 aromatic heterocycles. The van der Waals surface area contributed by atoms with E-state index in [0.717, 1.165) is 73.7 Å². The third-order valence-electron chi connectivity index (χ3n) is 11.0. The van der Waals surface area contributed by atoms with Gasteiger partial charge in [-0.1, -0.05) is 38.2 Å². The van der Waals surface area contributed by atoms with Crippen LogP contribution in [0.2, 0.25) is 0 Å². The summed E-state index contributed by atoms with van der Waals surface area (Å²) in [6, 6.07) is 0. The fourth-order valence-corrected chi connectivity index (χ4v) is 9.18. The molecule has 6 atom stereocenters. The van der Waals surface area contributed by atoms with Crippen molar-refractivity contribution in [2.45, 2.75) is 103 Å². The third-order valence-corrected chi connectivity index (χ3v) is 11.0. The smallest absolute Gasteiger partial charge is 0.334 e. The summed E-state index contributed by atoms with van der Waals surface area (Å²) in [4.78, 5) is 26.5. The van der Waals surface area contributed by atoms with E-state index in [1.54, 1.807) is 0 Å². The molecule has 4 saturated carbocycles. The molecule has 2 heterocycles. The van der Waals surface area contributed by atoms with Crippen molar-refractivity contribution >= 4 is 11.9 Å². The summed E-state index contributed by atoms with van der Waals surface area (Å²) in [6.45, 7) is 17.4. The Morgan fingerprint density at radius 2 is 1.12 bits per heavy atom. The van der Waals surface area contributed by atoms with Gasteiger partial charge in [-0.25, -0.2) is 9.59 Å². The lowest BCUT2D eigenvalue weighted by Gasteiger charge is -2.61. The number of hydrogen-bond acceptors (Lipinski definition) is 4. The van der Waals surface area contributed by atoms with E-state index in [4.69, 9.17) is 9.47 Å². The molecule has 0 unspecified atom stereocenters. The minimum Gasteiger partial charge on any atom is -0.446 e. The zero-order valence-electron chi connectivity index (χ0n) is 21.3. The van der Waals surface area contributed by atoms with Gasteiger partial charge in [-0.15, -0.1) is 0 Å². The van der Waals surface area contributed by atoms with E-state index in [0.29, 0.717) is 24.7 Å². The van der Waals surface area contributed by atoms with E-state index in [1.165, 1.54) is 11.1 Å². The van der Waals surface area contributed by atoms with Gasteiger partial charge in [-0.05, 0) is 99.0 Å². The van der Waals surface area contributed by atoms with Crippen molar-refractivity contribution < 1.29 is 19.1 Å². The summed E-state index contributed by atoms with van der Waals surface area (Å²) in [5, 5.41) is 0. The van der Waals surface area contributed by atoms with Crippen LogP contribution in [0.15, 0.2) is 46.6 Å². The van der Waals surface area contributed by atoms with Crippen LogP contribution in [0.3, 0.4) is 0 Å². The Kier molecular flexibility index (Phi) is 4.45. The van der Waals surface area contributed by atoms with Crippen molar-refractivity contribution in [2.75, 3.05) is 0 Å². The molecule has 4 aliphatic carbocycles. The summed E-state index contributed by atoms with van der Waals surface area (Å²) in [5.41, 5.74) is 4.30. The first-order valence-corrected chi connectivity index (χ1v) is 13.2. The van der Waals surface area contributed by atoms with Gasteiger partial charge >= 0.3 is 11.9 Å². The van der Waals surface area contributed by atoms with Crippen LogP contribution >= 0.6 is 0 Å². The quantitative estimate of drug-likeness (QED) is 0.329. The fourth-order valence-electron chi connectivity index (χ4n) is 9.18. The molecular formula is C30H38O4. The monoisotopic (exact) mass is 462 g/mol. The minimum absolute atomic E-state index is 0.0274. The summed E-state index contributed by atoms with van der Waals surface area (Å²) < 4.78 is 13.1. The predicted octanol–water partition coefficient (Wildman–Crippen LogP) is 6.52. The van der Waals surface area contributed by atoms with Crippen molar-refractivity contribution in [1.82, 2.24) is 0 Å². The minimum atomic E-state index is -0.910. The van der Waals surface area contributed by atoms with E-state index in [-0.39, 0.29) is 22.8 Å². The molecule has 182 valence electrons. The van der Waals surface area contributed by atoms with Gasteiger partial charge in [0, 0.05) is 24.0 Å². The lowest BCUT2D eigenvalue weighted by molar-refractivity contribution is -0.209. The first-order valence-electron chi connectivity index (χ1n) is 13.2. The summed E-state index contributed by atoms with van der Waals surface area (Å²) >= 11 is 0. The molecule has 6 aliphatic rings. The van der Waals surface area contributed by atoms with Crippen LogP contribution < -0.4 is 0 Å². The van der Waals surface area contributed by atoms with Gasteiger partial charge in [0.05, 0.1) is 0 Å². The normalized spacial score (nSPS) is 46.0. The van der Waals surface area contributed by atoms with Crippen LogP contribution in [0, 0.1) is 22.7 Å². The summed E-state index contributed by atoms with van der Waals surface area (Å²) in [5.74, 6) is 0.213. The lowest BCUT2D eigenvalue weighted by Crippen LogP contribution is -2.66. The molecule has 4 nitrogen and oxygen atoms in total. The molecule has 4 fully saturated rings. The second-order valence-electron chi connectivity index (χ2n) is 12.8. The number of carbonyl (C=O) groups excluding carboxylic acids is 2. The van der Waals surface area contributed by atoms with Gasteiger partial charge in [0.25, 0.3) is 0 Å². The molecule has 0 aromatic rings. The second-order valence-corrected chi connectivity index (χ2v) is 12.8. The number of carbonyl (C=O) groups is 2. The topological polar surface area (TPSA) is 52.6 Å². The van der Waals surface area contributed by atoms with E-state index in [9.17, 15) is 9.59 Å². The molecule has 0 aromatic carbocycles. The fraction of sp³-hybridized carbons (Fsp3) is 0.667. The molecule has 0 amide bonds. The number of allylic oxidation sites excluding steroid dienone is 2. The van der Waals surface area contributed by atoms with Crippen molar-refractivity contribution in [1.29, 1.82) is 0 Å². The highest BCUT2D eigenvalue weighted by Crippen LogP contribution is 2.70. The summed E-state index contributed by atoms with van der Waals surface area (Å²) in [7, 11) is 0. The van der Waals surface area contributed by atoms with Gasteiger partial charge in [0.15, 0.2) is 11.2 Å². The molecule has 0 saturated heterocycles. The molecule has 4 heteroatoms. The van der Waals surface area contributed by atoms with Crippen LogP contribution in [-0.2, 0) is 19.1 Å². The first-order chi connectivity index (χ1) is 16.0. The summed E-state index contributed by atoms with van der Waals surface area (Å²) in [6.07, 6.45) is 9.48. The zero-order chi connectivity index (χ0) is 24.3. The van der Waals surface area contributed by atoms with Gasteiger partial charge in [-0.3, -0.25) is 0 Å². The molecule has 0 spiro atoms. The molecule has 0 bridgehead atoms. The number of fused-ring (bicyclic) bond motifs is 5. The van der Waals surface area contributed by atoms with Crippen molar-refractivity contribution in [3.8, 4) is 0 Å². The molecule has 2 aliphatic heterocycles. The Hall–Kier alpha value is -2.10. The Labute approximate surface area is 203 Å². The first kappa shape index (κ1) is 22.4. The maximum atomic E-state index is 13.3. The number of ether oxygens (including phenoxy) is 2. The maximum absolute atomic E-state index is 13.3. The van der Waals surface area contributed by atoms with E-state index in [1.807, 2.05) is 13.8 Å². The van der Waals surface area contributed by atoms with E-state index in [2.05, 4.69) is 27.0 Å². The van der Waals surface area contributed by atoms with Crippen molar-refractivity contribution in [3.05, 3.63) is 46.6 Å². The maximum Gasteiger partial charge on any atom is 0.334 e. The van der Waals surface area contributed by atoms with Crippen LogP contribution in [0.5, 0.6) is 0 Å². The van der Waals surface area contributed by atoms with Gasteiger partial charge in [0.1, 0.15) is 0 Å². The van der Waals surface area contributed by atoms with Crippen molar-refractivity contribution in [3.63, 3.8) is 0 Å². The van der Waals surface area contributed by atoms with Crippen LogP contribution in [-0.4, -0.2) is 23.1 Å². The predicted molar refractivity (Wildman–Crippen MR) is 131 cm³/mol. The van der Waals surface area contributed by atoms with Crippen LogP contribution in [0.4, 0.5) is 0 Å². The highest BCUT2D eigenvalue weighted by Gasteiger charge is 2.74. The van der Waals surface area contributed by atoms with Gasteiger partial charge < -0.3 is 9.47 Å². The lowest BCUT2D eigenvalue weighted by atomic mass is 9.46. The highest BCUT2D eigenvalue weighted by atomic mass is 16.6. The second kappa shape index (κ2) is 6.77. The average Bonchev–Trinajstić information content (AvgIpc) is 3.16. The van der Waals surface area contributed by atoms with Crippen molar-refractivity contribution in [2.24, 2.45) is 22.7 Å². The third kappa shape index (κ3) is 2.55. The van der Waals surface area contributed by atoms with E-state index < -0.39 is 11.2 Å². The molecule has 0 N–H and O–H groups in total. The van der Waals surface area contributed by atoms with Gasteiger partial charge in [0.2, 0.25) is 0 Å². The number of rotatable bonds is 1. The standard InChI is InChI=1S/C30H38O4/c1-17-9-7-11-27(5)15-29(23(13-21(17)27)19(3)25(31)33-29)30-16-28(6)12-8-10-18(2)22(28)14-24(30)20(4)26(32)34-30/h21-22H,1-2,7-16H2,3-6H3/t21-,22-,27-,28+,29+,30+/m1/s1. The average molecular weight is 463 g/mol. The highest BCUT2D eigenvalue weighted by molar-refractivity contribution is 5.96. The Morgan fingerprint density at radius 3 is 1.50 bits per heavy atom. The number of hydrogen-bond donors (Lipinski definition) is 0. The van der Waals surface area contributed by atoms with Crippen LogP contribution in [0.1, 0.15) is 91.9 Å². The van der Waals surface area contributed by atoms with Gasteiger partial charge in [-0.2, -0.15) is 0 Å². The molecule has 6 rings (SSSR count). The molecule has 0 radical (unpaired) electrons. The Morgan fingerprint density at radius 1 is 0.735 bits per heavy atom. The SMILES string of the molecule is C=C1CCC[C@@]2(C)C[C@]3([C@]45C[C@@]6(C)CCCC(=C)[C@H]6CC4=C(C)C(=O)O5)OC(=O)C(C)=C3C[C@H]12. The number of esters is 2. The Bertz CT molecular complexity index is 1030.